The molecule has 1 heterocycles. The maximum absolute atomic E-state index is 11.3. The lowest BCUT2D eigenvalue weighted by atomic mass is 9.82. The van der Waals surface area contributed by atoms with Gasteiger partial charge in [-0.1, -0.05) is 12.1 Å². The third-order valence-corrected chi connectivity index (χ3v) is 5.22. The second-order valence-electron chi connectivity index (χ2n) is 7.19. The summed E-state index contributed by atoms with van der Waals surface area (Å²) < 4.78 is 5.10. The molecule has 1 aliphatic carbocycles. The molecular formula is C20H29N5O2. The van der Waals surface area contributed by atoms with Crippen LogP contribution in [0, 0.1) is 11.8 Å². The molecular weight excluding hydrogens is 342 g/mol. The fourth-order valence-electron chi connectivity index (χ4n) is 3.60. The highest BCUT2D eigenvalue weighted by atomic mass is 16.5. The summed E-state index contributed by atoms with van der Waals surface area (Å²) in [5.41, 5.74) is 6.33. The molecule has 0 saturated heterocycles. The molecule has 1 aromatic carbocycles. The first kappa shape index (κ1) is 19.4. The zero-order chi connectivity index (χ0) is 19.1. The number of para-hydroxylation sites is 1. The third kappa shape index (κ3) is 5.29. The molecule has 0 atom stereocenters. The molecule has 1 saturated carbocycles. The zero-order valence-corrected chi connectivity index (χ0v) is 15.9. The molecule has 7 heteroatoms. The lowest BCUT2D eigenvalue weighted by molar-refractivity contribution is -0.122. The van der Waals surface area contributed by atoms with Gasteiger partial charge in [0.1, 0.15) is 5.82 Å². The maximum Gasteiger partial charge on any atom is 0.225 e. The van der Waals surface area contributed by atoms with E-state index in [1.54, 1.807) is 7.11 Å². The van der Waals surface area contributed by atoms with Crippen molar-refractivity contribution in [1.82, 2.24) is 9.97 Å². The number of benzene rings is 1. The monoisotopic (exact) mass is 371 g/mol. The molecule has 0 bridgehead atoms. The average molecular weight is 371 g/mol. The SMILES string of the molecule is COCCCNc1nc(NCC2CCC(C(N)=O)CC2)nc2ccccc12. The summed E-state index contributed by atoms with van der Waals surface area (Å²) in [4.78, 5) is 20.6. The number of amides is 1. The van der Waals surface area contributed by atoms with Crippen LogP contribution in [-0.2, 0) is 9.53 Å². The summed E-state index contributed by atoms with van der Waals surface area (Å²) in [5.74, 6) is 1.88. The highest BCUT2D eigenvalue weighted by Gasteiger charge is 2.24. The summed E-state index contributed by atoms with van der Waals surface area (Å²) in [6.07, 6.45) is 4.70. The Bertz CT molecular complexity index is 759. The number of aromatic nitrogens is 2. The van der Waals surface area contributed by atoms with Crippen LogP contribution in [0.5, 0.6) is 0 Å². The van der Waals surface area contributed by atoms with Crippen LogP contribution in [0.4, 0.5) is 11.8 Å². The molecule has 0 spiro atoms. The Balaban J connectivity index is 1.63. The summed E-state index contributed by atoms with van der Waals surface area (Å²) in [6, 6.07) is 8.01. The highest BCUT2D eigenvalue weighted by molar-refractivity contribution is 5.90. The van der Waals surface area contributed by atoms with Gasteiger partial charge in [0.2, 0.25) is 11.9 Å². The fraction of sp³-hybridized carbons (Fsp3) is 0.550. The van der Waals surface area contributed by atoms with Gasteiger partial charge in [0.05, 0.1) is 5.52 Å². The van der Waals surface area contributed by atoms with Gasteiger partial charge in [0, 0.05) is 38.1 Å². The molecule has 0 radical (unpaired) electrons. The standard InChI is InChI=1S/C20H29N5O2/c1-27-12-4-11-22-19-16-5-2-3-6-17(16)24-20(25-19)23-13-14-7-9-15(10-8-14)18(21)26/h2-3,5-6,14-15H,4,7-13H2,1H3,(H2,21,26)(H2,22,23,24,25). The summed E-state index contributed by atoms with van der Waals surface area (Å²) in [7, 11) is 1.71. The Hall–Kier alpha value is -2.41. The van der Waals surface area contributed by atoms with E-state index in [1.807, 2.05) is 24.3 Å². The van der Waals surface area contributed by atoms with E-state index in [1.165, 1.54) is 0 Å². The van der Waals surface area contributed by atoms with Gasteiger partial charge in [-0.15, -0.1) is 0 Å². The molecule has 3 rings (SSSR count). The van der Waals surface area contributed by atoms with E-state index >= 15 is 0 Å². The van der Waals surface area contributed by atoms with Gasteiger partial charge in [-0.3, -0.25) is 4.79 Å². The van der Waals surface area contributed by atoms with Crippen molar-refractivity contribution in [3.05, 3.63) is 24.3 Å². The largest absolute Gasteiger partial charge is 0.385 e. The molecule has 4 N–H and O–H groups in total. The number of carbonyl (C=O) groups excluding carboxylic acids is 1. The predicted molar refractivity (Wildman–Crippen MR) is 108 cm³/mol. The molecule has 2 aromatic rings. The molecule has 0 unspecified atom stereocenters. The van der Waals surface area contributed by atoms with Gasteiger partial charge in [0.25, 0.3) is 0 Å². The van der Waals surface area contributed by atoms with E-state index in [0.717, 1.165) is 68.5 Å². The van der Waals surface area contributed by atoms with Gasteiger partial charge in [0.15, 0.2) is 0 Å². The maximum atomic E-state index is 11.3. The zero-order valence-electron chi connectivity index (χ0n) is 15.9. The fourth-order valence-corrected chi connectivity index (χ4v) is 3.60. The van der Waals surface area contributed by atoms with Crippen molar-refractivity contribution in [1.29, 1.82) is 0 Å². The number of primary amides is 1. The van der Waals surface area contributed by atoms with Crippen LogP contribution in [0.15, 0.2) is 24.3 Å². The predicted octanol–water partition coefficient (Wildman–Crippen LogP) is 2.78. The lowest BCUT2D eigenvalue weighted by Crippen LogP contribution is -2.29. The molecule has 0 aliphatic heterocycles. The Morgan fingerprint density at radius 3 is 2.70 bits per heavy atom. The Morgan fingerprint density at radius 2 is 1.96 bits per heavy atom. The second-order valence-corrected chi connectivity index (χ2v) is 7.19. The molecule has 1 fully saturated rings. The topological polar surface area (TPSA) is 102 Å². The number of rotatable bonds is 9. The molecule has 1 aliphatic rings. The van der Waals surface area contributed by atoms with Crippen LogP contribution in [0.2, 0.25) is 0 Å². The molecule has 1 aromatic heterocycles. The van der Waals surface area contributed by atoms with Gasteiger partial charge in [-0.2, -0.15) is 4.98 Å². The second kappa shape index (κ2) is 9.50. The van der Waals surface area contributed by atoms with E-state index in [2.05, 4.69) is 20.6 Å². The number of anilines is 2. The van der Waals surface area contributed by atoms with Crippen LogP contribution in [-0.4, -0.2) is 42.7 Å². The van der Waals surface area contributed by atoms with Crippen molar-refractivity contribution in [2.24, 2.45) is 17.6 Å². The third-order valence-electron chi connectivity index (χ3n) is 5.22. The number of methoxy groups -OCH3 is 1. The van der Waals surface area contributed by atoms with Crippen molar-refractivity contribution in [2.75, 3.05) is 37.4 Å². The van der Waals surface area contributed by atoms with E-state index in [9.17, 15) is 4.79 Å². The van der Waals surface area contributed by atoms with Crippen molar-refractivity contribution in [3.63, 3.8) is 0 Å². The number of hydrogen-bond acceptors (Lipinski definition) is 6. The lowest BCUT2D eigenvalue weighted by Gasteiger charge is -2.26. The van der Waals surface area contributed by atoms with Gasteiger partial charge in [-0.05, 0) is 50.2 Å². The number of nitrogens with two attached hydrogens (primary N) is 1. The van der Waals surface area contributed by atoms with Crippen LogP contribution in [0.3, 0.4) is 0 Å². The minimum Gasteiger partial charge on any atom is -0.385 e. The first-order valence-electron chi connectivity index (χ1n) is 9.70. The number of hydrogen-bond donors (Lipinski definition) is 3. The Morgan fingerprint density at radius 1 is 1.19 bits per heavy atom. The Labute approximate surface area is 160 Å². The van der Waals surface area contributed by atoms with E-state index in [4.69, 9.17) is 10.5 Å². The summed E-state index contributed by atoms with van der Waals surface area (Å²) >= 11 is 0. The summed E-state index contributed by atoms with van der Waals surface area (Å²) in [5, 5.41) is 7.80. The number of nitrogens with one attached hydrogen (secondary N) is 2. The van der Waals surface area contributed by atoms with Crippen molar-refractivity contribution in [3.8, 4) is 0 Å². The van der Waals surface area contributed by atoms with Crippen molar-refractivity contribution < 1.29 is 9.53 Å². The molecule has 1 amide bonds. The minimum atomic E-state index is -0.163. The first-order chi connectivity index (χ1) is 13.2. The number of ether oxygens (including phenoxy) is 1. The van der Waals surface area contributed by atoms with Crippen molar-refractivity contribution in [2.45, 2.75) is 32.1 Å². The van der Waals surface area contributed by atoms with Crippen LogP contribution in [0.1, 0.15) is 32.1 Å². The van der Waals surface area contributed by atoms with E-state index < -0.39 is 0 Å². The van der Waals surface area contributed by atoms with Crippen LogP contribution >= 0.6 is 0 Å². The molecule has 7 nitrogen and oxygen atoms in total. The smallest absolute Gasteiger partial charge is 0.225 e. The van der Waals surface area contributed by atoms with E-state index in [0.29, 0.717) is 11.9 Å². The van der Waals surface area contributed by atoms with Crippen LogP contribution < -0.4 is 16.4 Å². The highest BCUT2D eigenvalue weighted by Crippen LogP contribution is 2.29. The van der Waals surface area contributed by atoms with Gasteiger partial charge >= 0.3 is 0 Å². The normalized spacial score (nSPS) is 19.7. The van der Waals surface area contributed by atoms with Gasteiger partial charge < -0.3 is 21.1 Å². The summed E-state index contributed by atoms with van der Waals surface area (Å²) in [6.45, 7) is 2.33. The van der Waals surface area contributed by atoms with E-state index in [-0.39, 0.29) is 11.8 Å². The number of carbonyl (C=O) groups is 1. The number of nitrogens with zero attached hydrogens (tertiary/aromatic N) is 2. The Kier molecular flexibility index (Phi) is 6.81. The first-order valence-corrected chi connectivity index (χ1v) is 9.70. The van der Waals surface area contributed by atoms with Gasteiger partial charge in [-0.25, -0.2) is 4.98 Å². The van der Waals surface area contributed by atoms with Crippen LogP contribution in [0.25, 0.3) is 10.9 Å². The number of fused-ring (bicyclic) bond motifs is 1. The molecule has 27 heavy (non-hydrogen) atoms. The average Bonchev–Trinajstić information content (AvgIpc) is 2.70. The minimum absolute atomic E-state index is 0.0427. The molecule has 146 valence electrons. The quantitative estimate of drug-likeness (QED) is 0.586. The van der Waals surface area contributed by atoms with Crippen molar-refractivity contribution >= 4 is 28.6 Å².